The first-order valence-electron chi connectivity index (χ1n) is 11.1. The number of aliphatic hydroxyl groups is 1. The van der Waals surface area contributed by atoms with Crippen molar-refractivity contribution in [1.29, 1.82) is 0 Å². The predicted molar refractivity (Wildman–Crippen MR) is 129 cm³/mol. The quantitative estimate of drug-likeness (QED) is 0.478. The van der Waals surface area contributed by atoms with Gasteiger partial charge in [0.25, 0.3) is 5.91 Å². The number of halogens is 2. The molecule has 0 fully saturated rings. The van der Waals surface area contributed by atoms with Crippen molar-refractivity contribution in [2.75, 3.05) is 12.4 Å². The van der Waals surface area contributed by atoms with Gasteiger partial charge in [0.05, 0.1) is 25.3 Å². The highest BCUT2D eigenvalue weighted by Crippen LogP contribution is 2.33. The van der Waals surface area contributed by atoms with E-state index in [1.165, 1.54) is 30.2 Å². The number of methoxy groups -OCH3 is 1. The summed E-state index contributed by atoms with van der Waals surface area (Å²) in [6.07, 6.45) is 3.31. The lowest BCUT2D eigenvalue weighted by Crippen LogP contribution is -2.51. The standard InChI is InChI=1S/C25H26ClFN4O4/c1-14(2)29-23-8-19(20(26)9-28-23)17-7-21-24(33)31(22(25(34)35-3)12-30(21)10-17)11-16-6-18(27)5-4-15(16)13-32/h4-10,14,22,32H,11-13H2,1-3H3,(H,28,29). The Labute approximate surface area is 207 Å². The molecule has 8 nitrogen and oxygen atoms in total. The molecule has 1 amide bonds. The monoisotopic (exact) mass is 500 g/mol. The minimum absolute atomic E-state index is 0.0642. The van der Waals surface area contributed by atoms with Crippen molar-refractivity contribution in [3.63, 3.8) is 0 Å². The van der Waals surface area contributed by atoms with Gasteiger partial charge in [-0.3, -0.25) is 4.79 Å². The maximum Gasteiger partial charge on any atom is 0.330 e. The summed E-state index contributed by atoms with van der Waals surface area (Å²) in [5.74, 6) is -0.866. The van der Waals surface area contributed by atoms with Crippen LogP contribution in [0.1, 0.15) is 35.5 Å². The minimum atomic E-state index is -0.929. The number of hydrogen-bond donors (Lipinski definition) is 2. The fourth-order valence-corrected chi connectivity index (χ4v) is 4.41. The third kappa shape index (κ3) is 5.01. The molecule has 35 heavy (non-hydrogen) atoms. The molecule has 10 heteroatoms. The first kappa shape index (κ1) is 24.7. The fraction of sp³-hybridized carbons (Fsp3) is 0.320. The molecule has 1 atom stereocenters. The summed E-state index contributed by atoms with van der Waals surface area (Å²) in [5.41, 5.74) is 2.62. The van der Waals surface area contributed by atoms with E-state index in [4.69, 9.17) is 16.3 Å². The van der Waals surface area contributed by atoms with E-state index in [2.05, 4.69) is 10.3 Å². The van der Waals surface area contributed by atoms with Gasteiger partial charge in [-0.25, -0.2) is 14.2 Å². The third-order valence-electron chi connectivity index (χ3n) is 5.88. The number of ether oxygens (including phenoxy) is 1. The van der Waals surface area contributed by atoms with Gasteiger partial charge < -0.3 is 24.6 Å². The van der Waals surface area contributed by atoms with Gasteiger partial charge in [-0.2, -0.15) is 0 Å². The zero-order chi connectivity index (χ0) is 25.3. The molecule has 2 N–H and O–H groups in total. The van der Waals surface area contributed by atoms with Crippen LogP contribution in [-0.4, -0.2) is 50.6 Å². The molecule has 3 heterocycles. The Morgan fingerprint density at radius 2 is 2.09 bits per heavy atom. The van der Waals surface area contributed by atoms with Crippen LogP contribution in [0.5, 0.6) is 0 Å². The normalized spacial score (nSPS) is 15.3. The number of amides is 1. The maximum absolute atomic E-state index is 13.9. The van der Waals surface area contributed by atoms with Gasteiger partial charge in [0.1, 0.15) is 23.4 Å². The lowest BCUT2D eigenvalue weighted by atomic mass is 10.0. The van der Waals surface area contributed by atoms with Crippen molar-refractivity contribution in [3.8, 4) is 11.1 Å². The van der Waals surface area contributed by atoms with Gasteiger partial charge in [0.15, 0.2) is 0 Å². The van der Waals surface area contributed by atoms with E-state index in [-0.39, 0.29) is 25.7 Å². The molecule has 1 aromatic carbocycles. The molecule has 1 aliphatic rings. The number of pyridine rings is 1. The summed E-state index contributed by atoms with van der Waals surface area (Å²) in [6, 6.07) is 6.71. The molecule has 3 aromatic rings. The van der Waals surface area contributed by atoms with E-state index in [9.17, 15) is 19.1 Å². The summed E-state index contributed by atoms with van der Waals surface area (Å²) < 4.78 is 20.6. The molecule has 0 bridgehead atoms. The molecule has 4 rings (SSSR count). The Hall–Kier alpha value is -3.43. The fourth-order valence-electron chi connectivity index (χ4n) is 4.20. The van der Waals surface area contributed by atoms with Gasteiger partial charge >= 0.3 is 5.97 Å². The number of nitrogens with one attached hydrogen (secondary N) is 1. The number of carbonyl (C=O) groups excluding carboxylic acids is 2. The number of aromatic nitrogens is 2. The van der Waals surface area contributed by atoms with Gasteiger partial charge in [-0.05, 0) is 49.2 Å². The third-order valence-corrected chi connectivity index (χ3v) is 6.18. The SMILES string of the molecule is COC(=O)C1Cn2cc(-c3cc(NC(C)C)ncc3Cl)cc2C(=O)N1Cc1cc(F)ccc1CO. The van der Waals surface area contributed by atoms with Crippen LogP contribution in [0.25, 0.3) is 11.1 Å². The Balaban J connectivity index is 1.73. The number of benzene rings is 1. The number of esters is 1. The largest absolute Gasteiger partial charge is 0.467 e. The number of nitrogens with zero attached hydrogens (tertiary/aromatic N) is 3. The van der Waals surface area contributed by atoms with Crippen LogP contribution < -0.4 is 5.32 Å². The van der Waals surface area contributed by atoms with Crippen LogP contribution in [-0.2, 0) is 29.2 Å². The van der Waals surface area contributed by atoms with Gasteiger partial charge in [-0.1, -0.05) is 17.7 Å². The highest BCUT2D eigenvalue weighted by Gasteiger charge is 2.38. The Morgan fingerprint density at radius 1 is 1.31 bits per heavy atom. The van der Waals surface area contributed by atoms with Crippen molar-refractivity contribution in [2.45, 2.75) is 45.6 Å². The van der Waals surface area contributed by atoms with E-state index in [0.29, 0.717) is 38.8 Å². The minimum Gasteiger partial charge on any atom is -0.467 e. The molecule has 0 aliphatic carbocycles. The van der Waals surface area contributed by atoms with Crippen LogP contribution in [0, 0.1) is 5.82 Å². The molecular weight excluding hydrogens is 475 g/mol. The van der Waals surface area contributed by atoms with Crippen LogP contribution in [0.4, 0.5) is 10.2 Å². The number of fused-ring (bicyclic) bond motifs is 1. The van der Waals surface area contributed by atoms with Crippen molar-refractivity contribution in [1.82, 2.24) is 14.5 Å². The molecule has 0 radical (unpaired) electrons. The summed E-state index contributed by atoms with van der Waals surface area (Å²) in [4.78, 5) is 31.8. The second-order valence-corrected chi connectivity index (χ2v) is 9.07. The molecule has 1 unspecified atom stereocenters. The zero-order valence-corrected chi connectivity index (χ0v) is 20.3. The van der Waals surface area contributed by atoms with E-state index in [0.717, 1.165) is 0 Å². The highest BCUT2D eigenvalue weighted by atomic mass is 35.5. The number of hydrogen-bond acceptors (Lipinski definition) is 6. The molecule has 1 aliphatic heterocycles. The zero-order valence-electron chi connectivity index (χ0n) is 19.6. The average molecular weight is 501 g/mol. The number of anilines is 1. The van der Waals surface area contributed by atoms with Crippen molar-refractivity contribution >= 4 is 29.3 Å². The Morgan fingerprint density at radius 3 is 2.77 bits per heavy atom. The van der Waals surface area contributed by atoms with E-state index in [1.807, 2.05) is 19.9 Å². The van der Waals surface area contributed by atoms with E-state index in [1.54, 1.807) is 23.0 Å². The number of rotatable bonds is 7. The van der Waals surface area contributed by atoms with Crippen LogP contribution >= 0.6 is 11.6 Å². The van der Waals surface area contributed by atoms with Crippen LogP contribution in [0.15, 0.2) is 42.7 Å². The maximum atomic E-state index is 13.9. The average Bonchev–Trinajstić information content (AvgIpc) is 3.25. The smallest absolute Gasteiger partial charge is 0.330 e. The van der Waals surface area contributed by atoms with Gasteiger partial charge in [-0.15, -0.1) is 0 Å². The summed E-state index contributed by atoms with van der Waals surface area (Å²) >= 11 is 6.42. The molecular formula is C25H26ClFN4O4. The first-order valence-corrected chi connectivity index (χ1v) is 11.5. The molecule has 184 valence electrons. The van der Waals surface area contributed by atoms with E-state index < -0.39 is 23.7 Å². The number of carbonyl (C=O) groups is 2. The lowest BCUT2D eigenvalue weighted by Gasteiger charge is -2.35. The van der Waals surface area contributed by atoms with E-state index >= 15 is 0 Å². The molecule has 0 saturated heterocycles. The molecule has 2 aromatic heterocycles. The van der Waals surface area contributed by atoms with Gasteiger partial charge in [0.2, 0.25) is 0 Å². The van der Waals surface area contributed by atoms with Crippen LogP contribution in [0.2, 0.25) is 5.02 Å². The predicted octanol–water partition coefficient (Wildman–Crippen LogP) is 3.85. The molecule has 0 spiro atoms. The Kier molecular flexibility index (Phi) is 7.09. The van der Waals surface area contributed by atoms with Crippen molar-refractivity contribution < 1.29 is 23.8 Å². The van der Waals surface area contributed by atoms with Crippen molar-refractivity contribution in [3.05, 3.63) is 70.4 Å². The summed E-state index contributed by atoms with van der Waals surface area (Å²) in [6.45, 7) is 3.75. The number of aliphatic hydroxyl groups excluding tert-OH is 1. The topological polar surface area (TPSA) is 96.7 Å². The molecule has 0 saturated carbocycles. The second-order valence-electron chi connectivity index (χ2n) is 8.66. The highest BCUT2D eigenvalue weighted by molar-refractivity contribution is 6.33. The van der Waals surface area contributed by atoms with Crippen molar-refractivity contribution in [2.24, 2.45) is 0 Å². The second kappa shape index (κ2) is 10.1. The lowest BCUT2D eigenvalue weighted by molar-refractivity contribution is -0.147. The van der Waals surface area contributed by atoms with Crippen LogP contribution in [0.3, 0.4) is 0 Å². The first-order chi connectivity index (χ1) is 16.7. The van der Waals surface area contributed by atoms with Gasteiger partial charge in [0, 0.05) is 36.1 Å². The summed E-state index contributed by atoms with van der Waals surface area (Å²) in [5, 5.41) is 13.3. The summed E-state index contributed by atoms with van der Waals surface area (Å²) in [7, 11) is 1.25. The Bertz CT molecular complexity index is 1280.